The van der Waals surface area contributed by atoms with Gasteiger partial charge in [0.1, 0.15) is 11.8 Å². The molecule has 1 heterocycles. The molecule has 2 rings (SSSR count). The van der Waals surface area contributed by atoms with Crippen LogP contribution < -0.4 is 4.18 Å². The minimum absolute atomic E-state index is 0.161. The number of aryl methyl sites for hydroxylation is 1. The lowest BCUT2D eigenvalue weighted by molar-refractivity contribution is -0.0499. The third kappa shape index (κ3) is 2.15. The van der Waals surface area contributed by atoms with E-state index in [1.807, 2.05) is 0 Å². The first kappa shape index (κ1) is 12.7. The lowest BCUT2D eigenvalue weighted by atomic mass is 10.2. The molecule has 0 aliphatic rings. The van der Waals surface area contributed by atoms with E-state index >= 15 is 0 Å². The highest BCUT2D eigenvalue weighted by Crippen LogP contribution is 2.33. The Morgan fingerprint density at radius 1 is 1.28 bits per heavy atom. The minimum Gasteiger partial charge on any atom is -0.460 e. The Morgan fingerprint density at radius 3 is 2.56 bits per heavy atom. The molecule has 0 atom stereocenters. The summed E-state index contributed by atoms with van der Waals surface area (Å²) in [6.07, 6.45) is 0.827. The van der Waals surface area contributed by atoms with Gasteiger partial charge in [0.05, 0.1) is 5.39 Å². The largest absolute Gasteiger partial charge is 0.534 e. The lowest BCUT2D eigenvalue weighted by Crippen LogP contribution is -2.27. The number of alkyl halides is 3. The lowest BCUT2D eigenvalue weighted by Gasteiger charge is -2.07. The zero-order chi connectivity index (χ0) is 13.6. The summed E-state index contributed by atoms with van der Waals surface area (Å²) in [5.41, 5.74) is -4.40. The standard InChI is InChI=1S/C10H7F3O4S/c1-6-2-3-7-8(4-6)16-5-9(7)17-18(14,15)10(11,12)13/h2-5H,1H3. The Morgan fingerprint density at radius 2 is 1.94 bits per heavy atom. The molecule has 0 aliphatic heterocycles. The van der Waals surface area contributed by atoms with Crippen LogP contribution in [0.2, 0.25) is 0 Å². The SMILES string of the molecule is Cc1ccc2c(OS(=O)(=O)C(F)(F)F)coc2c1. The van der Waals surface area contributed by atoms with E-state index in [-0.39, 0.29) is 11.0 Å². The van der Waals surface area contributed by atoms with E-state index in [9.17, 15) is 21.6 Å². The molecule has 0 saturated heterocycles. The molecule has 0 aliphatic carbocycles. The van der Waals surface area contributed by atoms with Gasteiger partial charge < -0.3 is 8.60 Å². The van der Waals surface area contributed by atoms with E-state index in [4.69, 9.17) is 4.42 Å². The first-order chi connectivity index (χ1) is 8.21. The summed E-state index contributed by atoms with van der Waals surface area (Å²) in [5.74, 6) is -0.484. The van der Waals surface area contributed by atoms with Gasteiger partial charge >= 0.3 is 15.6 Å². The summed E-state index contributed by atoms with van der Waals surface area (Å²) in [5, 5.41) is 0.161. The summed E-state index contributed by atoms with van der Waals surface area (Å²) in [4.78, 5) is 0. The molecule has 0 radical (unpaired) electrons. The molecule has 8 heteroatoms. The Kier molecular flexibility index (Phi) is 2.77. The molecule has 98 valence electrons. The van der Waals surface area contributed by atoms with Gasteiger partial charge in [0.15, 0.2) is 5.75 Å². The molecule has 1 aromatic heterocycles. The fraction of sp³-hybridized carbons (Fsp3) is 0.200. The Hall–Kier alpha value is -1.70. The molecule has 1 aromatic carbocycles. The molecule has 0 amide bonds. The van der Waals surface area contributed by atoms with Gasteiger partial charge in [-0.3, -0.25) is 0 Å². The van der Waals surface area contributed by atoms with Gasteiger partial charge in [0.2, 0.25) is 0 Å². The van der Waals surface area contributed by atoms with Gasteiger partial charge in [-0.15, -0.1) is 0 Å². The monoisotopic (exact) mass is 280 g/mol. The van der Waals surface area contributed by atoms with Crippen LogP contribution in [0.5, 0.6) is 5.75 Å². The zero-order valence-corrected chi connectivity index (χ0v) is 9.80. The molecule has 2 aromatic rings. The zero-order valence-electron chi connectivity index (χ0n) is 8.98. The number of hydrogen-bond acceptors (Lipinski definition) is 4. The Balaban J connectivity index is 2.45. The fourth-order valence-corrected chi connectivity index (χ4v) is 1.80. The predicted octanol–water partition coefficient (Wildman–Crippen LogP) is 2.97. The summed E-state index contributed by atoms with van der Waals surface area (Å²) < 4.78 is 67.1. The summed E-state index contributed by atoms with van der Waals surface area (Å²) in [7, 11) is -5.68. The van der Waals surface area contributed by atoms with Gasteiger partial charge in [0, 0.05) is 0 Å². The van der Waals surface area contributed by atoms with Crippen molar-refractivity contribution in [3.05, 3.63) is 30.0 Å². The van der Waals surface area contributed by atoms with Crippen molar-refractivity contribution in [3.63, 3.8) is 0 Å². The molecular weight excluding hydrogens is 273 g/mol. The van der Waals surface area contributed by atoms with Crippen molar-refractivity contribution in [2.24, 2.45) is 0 Å². The van der Waals surface area contributed by atoms with E-state index in [2.05, 4.69) is 4.18 Å². The molecule has 0 N–H and O–H groups in total. The van der Waals surface area contributed by atoms with Crippen molar-refractivity contribution < 1.29 is 30.2 Å². The number of furan rings is 1. The van der Waals surface area contributed by atoms with E-state index in [0.29, 0.717) is 0 Å². The second-order valence-corrected chi connectivity index (χ2v) is 5.12. The van der Waals surface area contributed by atoms with E-state index in [1.165, 1.54) is 6.07 Å². The maximum atomic E-state index is 12.1. The van der Waals surface area contributed by atoms with Crippen LogP contribution in [0, 0.1) is 6.92 Å². The quantitative estimate of drug-likeness (QED) is 0.627. The summed E-state index contributed by atoms with van der Waals surface area (Å²) in [6, 6.07) is 4.59. The average Bonchev–Trinajstić information content (AvgIpc) is 2.58. The molecule has 18 heavy (non-hydrogen) atoms. The van der Waals surface area contributed by atoms with Crippen LogP contribution in [0.4, 0.5) is 13.2 Å². The third-order valence-electron chi connectivity index (χ3n) is 2.18. The van der Waals surface area contributed by atoms with Crippen molar-refractivity contribution >= 4 is 21.1 Å². The van der Waals surface area contributed by atoms with Crippen LogP contribution in [0.3, 0.4) is 0 Å². The molecule has 0 bridgehead atoms. The van der Waals surface area contributed by atoms with Crippen molar-refractivity contribution in [1.82, 2.24) is 0 Å². The summed E-state index contributed by atoms with van der Waals surface area (Å²) in [6.45, 7) is 1.76. The maximum Gasteiger partial charge on any atom is 0.534 e. The molecule has 0 saturated carbocycles. The van der Waals surface area contributed by atoms with Crippen LogP contribution in [-0.2, 0) is 10.1 Å². The number of halogens is 3. The van der Waals surface area contributed by atoms with Crippen LogP contribution in [0.15, 0.2) is 28.9 Å². The highest BCUT2D eigenvalue weighted by molar-refractivity contribution is 7.88. The highest BCUT2D eigenvalue weighted by atomic mass is 32.2. The molecule has 0 fully saturated rings. The van der Waals surface area contributed by atoms with Gasteiger partial charge in [-0.1, -0.05) is 6.07 Å². The molecule has 0 unspecified atom stereocenters. The number of fused-ring (bicyclic) bond motifs is 1. The minimum atomic E-state index is -5.68. The van der Waals surface area contributed by atoms with E-state index < -0.39 is 21.4 Å². The maximum absolute atomic E-state index is 12.1. The van der Waals surface area contributed by atoms with Crippen molar-refractivity contribution in [3.8, 4) is 5.75 Å². The third-order valence-corrected chi connectivity index (χ3v) is 3.14. The van der Waals surface area contributed by atoms with Gasteiger partial charge in [-0.05, 0) is 24.6 Å². The van der Waals surface area contributed by atoms with Crippen molar-refractivity contribution in [1.29, 1.82) is 0 Å². The molecular formula is C10H7F3O4S. The highest BCUT2D eigenvalue weighted by Gasteiger charge is 2.48. The van der Waals surface area contributed by atoms with E-state index in [0.717, 1.165) is 11.8 Å². The average molecular weight is 280 g/mol. The first-order valence-corrected chi connectivity index (χ1v) is 6.10. The normalized spacial score (nSPS) is 12.9. The molecule has 0 spiro atoms. The second kappa shape index (κ2) is 3.91. The van der Waals surface area contributed by atoms with E-state index in [1.54, 1.807) is 19.1 Å². The Labute approximate surface area is 100 Å². The Bertz CT molecular complexity index is 685. The number of rotatable bonds is 2. The topological polar surface area (TPSA) is 56.5 Å². The number of benzene rings is 1. The van der Waals surface area contributed by atoms with Gasteiger partial charge in [-0.25, -0.2) is 0 Å². The van der Waals surface area contributed by atoms with Crippen molar-refractivity contribution in [2.75, 3.05) is 0 Å². The second-order valence-electron chi connectivity index (χ2n) is 3.58. The van der Waals surface area contributed by atoms with Gasteiger partial charge in [0.25, 0.3) is 0 Å². The van der Waals surface area contributed by atoms with Crippen molar-refractivity contribution in [2.45, 2.75) is 12.4 Å². The number of hydrogen-bond donors (Lipinski definition) is 0. The van der Waals surface area contributed by atoms with Crippen LogP contribution in [0.1, 0.15) is 5.56 Å². The van der Waals surface area contributed by atoms with Crippen LogP contribution in [0.25, 0.3) is 11.0 Å². The predicted molar refractivity (Wildman–Crippen MR) is 56.6 cm³/mol. The molecule has 4 nitrogen and oxygen atoms in total. The smallest absolute Gasteiger partial charge is 0.460 e. The van der Waals surface area contributed by atoms with Crippen LogP contribution in [-0.4, -0.2) is 13.9 Å². The summed E-state index contributed by atoms with van der Waals surface area (Å²) >= 11 is 0. The van der Waals surface area contributed by atoms with Crippen LogP contribution >= 0.6 is 0 Å². The first-order valence-electron chi connectivity index (χ1n) is 4.69. The fourth-order valence-electron chi connectivity index (χ4n) is 1.34. The van der Waals surface area contributed by atoms with Gasteiger partial charge in [-0.2, -0.15) is 21.6 Å².